The van der Waals surface area contributed by atoms with Crippen LogP contribution in [0.4, 0.5) is 14.5 Å². The Morgan fingerprint density at radius 2 is 1.97 bits per heavy atom. The van der Waals surface area contributed by atoms with Crippen molar-refractivity contribution in [2.75, 3.05) is 10.6 Å². The van der Waals surface area contributed by atoms with Gasteiger partial charge in [0.2, 0.25) is 27.6 Å². The molecule has 0 aliphatic heterocycles. The highest BCUT2D eigenvalue weighted by atomic mass is 79.9. The Morgan fingerprint density at radius 3 is 2.61 bits per heavy atom. The van der Waals surface area contributed by atoms with E-state index in [0.717, 1.165) is 22.9 Å². The number of amides is 1. The minimum absolute atomic E-state index is 0.106. The standard InChI is InChI=1S/C19H17BrF2N4O4S/c1-11(26(31(2,28)29)14-6-7-15(21)16(22)9-14)19(27)23-10-17-24-18(25-30-17)12-4-3-5-13(20)8-12/h3-9,11H,10H2,1-2H3,(H,23,27)/t11-/m0/s1. The summed E-state index contributed by atoms with van der Waals surface area (Å²) in [6, 6.07) is 8.53. The van der Waals surface area contributed by atoms with E-state index in [1.54, 1.807) is 18.2 Å². The molecule has 0 fully saturated rings. The van der Waals surface area contributed by atoms with Gasteiger partial charge in [-0.1, -0.05) is 33.2 Å². The van der Waals surface area contributed by atoms with Gasteiger partial charge in [-0.25, -0.2) is 17.2 Å². The first-order valence-electron chi connectivity index (χ1n) is 8.87. The monoisotopic (exact) mass is 514 g/mol. The van der Waals surface area contributed by atoms with Crippen LogP contribution in [0.25, 0.3) is 11.4 Å². The molecular formula is C19H17BrF2N4O4S. The molecule has 0 saturated heterocycles. The lowest BCUT2D eigenvalue weighted by Crippen LogP contribution is -2.47. The van der Waals surface area contributed by atoms with Crippen LogP contribution in [0.3, 0.4) is 0 Å². The van der Waals surface area contributed by atoms with Gasteiger partial charge in [0.25, 0.3) is 0 Å². The molecule has 2 aromatic carbocycles. The molecule has 0 bridgehead atoms. The van der Waals surface area contributed by atoms with Crippen LogP contribution >= 0.6 is 15.9 Å². The summed E-state index contributed by atoms with van der Waals surface area (Å²) in [5.41, 5.74) is 0.518. The smallest absolute Gasteiger partial charge is 0.246 e. The van der Waals surface area contributed by atoms with E-state index in [2.05, 4.69) is 31.4 Å². The quantitative estimate of drug-likeness (QED) is 0.518. The van der Waals surface area contributed by atoms with Gasteiger partial charge in [-0.05, 0) is 31.2 Å². The van der Waals surface area contributed by atoms with Crippen molar-refractivity contribution in [3.63, 3.8) is 0 Å². The van der Waals surface area contributed by atoms with E-state index < -0.39 is 33.6 Å². The molecular weight excluding hydrogens is 498 g/mol. The van der Waals surface area contributed by atoms with Crippen LogP contribution in [0, 0.1) is 11.6 Å². The maximum absolute atomic E-state index is 13.6. The number of carbonyl (C=O) groups is 1. The van der Waals surface area contributed by atoms with Crippen LogP contribution in [-0.4, -0.2) is 36.8 Å². The minimum Gasteiger partial charge on any atom is -0.345 e. The van der Waals surface area contributed by atoms with Crippen LogP contribution in [0.1, 0.15) is 12.8 Å². The second kappa shape index (κ2) is 9.10. The zero-order valence-electron chi connectivity index (χ0n) is 16.3. The van der Waals surface area contributed by atoms with Crippen LogP contribution in [-0.2, 0) is 21.4 Å². The molecule has 1 amide bonds. The van der Waals surface area contributed by atoms with Crippen molar-refractivity contribution in [2.45, 2.75) is 19.5 Å². The van der Waals surface area contributed by atoms with Gasteiger partial charge in [-0.15, -0.1) is 0 Å². The highest BCUT2D eigenvalue weighted by Crippen LogP contribution is 2.23. The number of benzene rings is 2. The van der Waals surface area contributed by atoms with Gasteiger partial charge < -0.3 is 9.84 Å². The fourth-order valence-corrected chi connectivity index (χ4v) is 4.38. The largest absolute Gasteiger partial charge is 0.345 e. The SMILES string of the molecule is C[C@@H](C(=O)NCc1nc(-c2cccc(Br)c2)no1)N(c1ccc(F)c(F)c1)S(C)(=O)=O. The molecule has 0 spiro atoms. The predicted molar refractivity (Wildman–Crippen MR) is 112 cm³/mol. The van der Waals surface area contributed by atoms with Crippen molar-refractivity contribution in [3.05, 3.63) is 64.5 Å². The first kappa shape index (κ1) is 22.8. The minimum atomic E-state index is -3.98. The molecule has 0 aliphatic carbocycles. The lowest BCUT2D eigenvalue weighted by Gasteiger charge is -2.28. The molecule has 0 unspecified atom stereocenters. The molecule has 0 saturated carbocycles. The van der Waals surface area contributed by atoms with E-state index in [1.165, 1.54) is 6.92 Å². The Hall–Kier alpha value is -2.86. The van der Waals surface area contributed by atoms with Crippen molar-refractivity contribution in [2.24, 2.45) is 0 Å². The highest BCUT2D eigenvalue weighted by Gasteiger charge is 2.30. The molecule has 1 atom stereocenters. The fraction of sp³-hybridized carbons (Fsp3) is 0.211. The maximum atomic E-state index is 13.6. The molecule has 1 heterocycles. The second-order valence-electron chi connectivity index (χ2n) is 6.57. The normalized spacial score (nSPS) is 12.4. The van der Waals surface area contributed by atoms with Crippen molar-refractivity contribution >= 4 is 37.5 Å². The van der Waals surface area contributed by atoms with Crippen molar-refractivity contribution in [3.8, 4) is 11.4 Å². The summed E-state index contributed by atoms with van der Waals surface area (Å²) in [5, 5.41) is 6.35. The number of rotatable bonds is 7. The molecule has 3 rings (SSSR count). The molecule has 0 aliphatic rings. The number of nitrogens with zero attached hydrogens (tertiary/aromatic N) is 3. The number of nitrogens with one attached hydrogen (secondary N) is 1. The van der Waals surface area contributed by atoms with Gasteiger partial charge in [0.05, 0.1) is 18.5 Å². The molecule has 12 heteroatoms. The third-order valence-corrected chi connectivity index (χ3v) is 5.95. The Morgan fingerprint density at radius 1 is 1.23 bits per heavy atom. The van der Waals surface area contributed by atoms with Crippen LogP contribution < -0.4 is 9.62 Å². The average Bonchev–Trinajstić information content (AvgIpc) is 3.17. The van der Waals surface area contributed by atoms with Gasteiger partial charge in [0.15, 0.2) is 11.6 Å². The molecule has 164 valence electrons. The van der Waals surface area contributed by atoms with E-state index in [9.17, 15) is 22.0 Å². The van der Waals surface area contributed by atoms with E-state index in [4.69, 9.17) is 4.52 Å². The number of anilines is 1. The zero-order chi connectivity index (χ0) is 22.8. The number of carbonyl (C=O) groups excluding carboxylic acids is 1. The summed E-state index contributed by atoms with van der Waals surface area (Å²) < 4.78 is 57.9. The third-order valence-electron chi connectivity index (χ3n) is 4.21. The Kier molecular flexibility index (Phi) is 6.70. The number of aromatic nitrogens is 2. The molecule has 0 radical (unpaired) electrons. The maximum Gasteiger partial charge on any atom is 0.246 e. The highest BCUT2D eigenvalue weighted by molar-refractivity contribution is 9.10. The summed E-state index contributed by atoms with van der Waals surface area (Å²) >= 11 is 3.35. The van der Waals surface area contributed by atoms with E-state index in [1.807, 2.05) is 6.07 Å². The van der Waals surface area contributed by atoms with E-state index in [-0.39, 0.29) is 18.1 Å². The lowest BCUT2D eigenvalue weighted by atomic mass is 10.2. The Balaban J connectivity index is 1.73. The van der Waals surface area contributed by atoms with Gasteiger partial charge >= 0.3 is 0 Å². The van der Waals surface area contributed by atoms with Crippen molar-refractivity contribution in [1.82, 2.24) is 15.5 Å². The summed E-state index contributed by atoms with van der Waals surface area (Å²) in [6.45, 7) is 1.16. The van der Waals surface area contributed by atoms with Gasteiger partial charge in [0, 0.05) is 16.1 Å². The average molecular weight is 515 g/mol. The summed E-state index contributed by atoms with van der Waals surface area (Å²) in [5.74, 6) is -2.64. The first-order chi connectivity index (χ1) is 14.6. The van der Waals surface area contributed by atoms with Crippen molar-refractivity contribution < 1.29 is 26.5 Å². The predicted octanol–water partition coefficient (Wildman–Crippen LogP) is 3.25. The summed E-state index contributed by atoms with van der Waals surface area (Å²) in [6.07, 6.45) is 0.861. The fourth-order valence-electron chi connectivity index (χ4n) is 2.81. The second-order valence-corrected chi connectivity index (χ2v) is 9.35. The molecule has 8 nitrogen and oxygen atoms in total. The Labute approximate surface area is 185 Å². The van der Waals surface area contributed by atoms with Crippen LogP contribution in [0.15, 0.2) is 51.5 Å². The Bertz CT molecular complexity index is 1220. The van der Waals surface area contributed by atoms with E-state index >= 15 is 0 Å². The molecule has 3 aromatic rings. The van der Waals surface area contributed by atoms with E-state index in [0.29, 0.717) is 21.8 Å². The van der Waals surface area contributed by atoms with Crippen molar-refractivity contribution in [1.29, 1.82) is 0 Å². The lowest BCUT2D eigenvalue weighted by molar-refractivity contribution is -0.122. The van der Waals surface area contributed by atoms with Gasteiger partial charge in [0.1, 0.15) is 6.04 Å². The summed E-state index contributed by atoms with van der Waals surface area (Å²) in [7, 11) is -3.98. The molecule has 1 N–H and O–H groups in total. The van der Waals surface area contributed by atoms with Crippen LogP contribution in [0.2, 0.25) is 0 Å². The number of halogens is 3. The number of sulfonamides is 1. The summed E-state index contributed by atoms with van der Waals surface area (Å²) in [4.78, 5) is 16.8. The van der Waals surface area contributed by atoms with Gasteiger partial charge in [-0.2, -0.15) is 4.98 Å². The first-order valence-corrected chi connectivity index (χ1v) is 11.5. The number of hydrogen-bond donors (Lipinski definition) is 1. The van der Waals surface area contributed by atoms with Gasteiger partial charge in [-0.3, -0.25) is 9.10 Å². The topological polar surface area (TPSA) is 105 Å². The third kappa shape index (κ3) is 5.44. The number of hydrogen-bond acceptors (Lipinski definition) is 6. The molecule has 1 aromatic heterocycles. The zero-order valence-corrected chi connectivity index (χ0v) is 18.7. The van der Waals surface area contributed by atoms with Crippen LogP contribution in [0.5, 0.6) is 0 Å². The molecule has 31 heavy (non-hydrogen) atoms.